The van der Waals surface area contributed by atoms with E-state index in [1.807, 2.05) is 22.6 Å². The second-order valence-electron chi connectivity index (χ2n) is 7.43. The fraction of sp³-hybridized carbons (Fsp3) is 0.316. The quantitative estimate of drug-likeness (QED) is 0.156. The van der Waals surface area contributed by atoms with Crippen molar-refractivity contribution in [2.24, 2.45) is 0 Å². The summed E-state index contributed by atoms with van der Waals surface area (Å²) in [5, 5.41) is 15.5. The topological polar surface area (TPSA) is 109 Å². The summed E-state index contributed by atoms with van der Waals surface area (Å²) >= 11 is 1.86. The van der Waals surface area contributed by atoms with Crippen LogP contribution in [0, 0.1) is 0 Å². The molecule has 0 spiro atoms. The molecule has 3 aromatic rings. The number of aromatic nitrogens is 5. The van der Waals surface area contributed by atoms with Crippen LogP contribution in [0.25, 0.3) is 11.5 Å². The van der Waals surface area contributed by atoms with E-state index in [1.54, 1.807) is 0 Å². The van der Waals surface area contributed by atoms with Crippen LogP contribution in [0.15, 0.2) is 36.5 Å². The molecule has 1 atom stereocenters. The molecule has 3 aromatic heterocycles. The molecule has 0 bridgehead atoms. The second-order valence-corrected chi connectivity index (χ2v) is 8.67. The fourth-order valence-electron chi connectivity index (χ4n) is 2.41. The van der Waals surface area contributed by atoms with Gasteiger partial charge in [0.15, 0.2) is 5.82 Å². The van der Waals surface area contributed by atoms with Crippen LogP contribution in [-0.2, 0) is 12.4 Å². The maximum Gasteiger partial charge on any atom is 0.433 e. The van der Waals surface area contributed by atoms with Gasteiger partial charge in [-0.3, -0.25) is 4.98 Å². The van der Waals surface area contributed by atoms with Crippen LogP contribution in [0.4, 0.5) is 43.9 Å². The Morgan fingerprint density at radius 1 is 0.882 bits per heavy atom. The molecule has 182 valence electrons. The molecule has 3 heterocycles. The third-order valence-corrected chi connectivity index (χ3v) is 5.92. The fourth-order valence-corrected chi connectivity index (χ4v) is 2.69. The van der Waals surface area contributed by atoms with E-state index in [4.69, 9.17) is 0 Å². The van der Waals surface area contributed by atoms with Crippen LogP contribution in [0.1, 0.15) is 25.2 Å². The third kappa shape index (κ3) is 6.62. The highest BCUT2D eigenvalue weighted by atomic mass is 127. The molecule has 3 N–H and O–H groups in total. The van der Waals surface area contributed by atoms with E-state index in [0.717, 1.165) is 24.4 Å². The van der Waals surface area contributed by atoms with Gasteiger partial charge < -0.3 is 15.7 Å². The van der Waals surface area contributed by atoms with E-state index in [2.05, 4.69) is 35.6 Å². The number of nitrogens with one attached hydrogen (secondary N) is 2. The number of alkyl halides is 7. The van der Waals surface area contributed by atoms with Crippen molar-refractivity contribution in [1.82, 2.24) is 24.9 Å². The summed E-state index contributed by atoms with van der Waals surface area (Å²) in [7, 11) is 0. The Morgan fingerprint density at radius 3 is 2.15 bits per heavy atom. The van der Waals surface area contributed by atoms with Gasteiger partial charge in [-0.25, -0.2) is 4.98 Å². The Labute approximate surface area is 202 Å². The first-order valence-corrected chi connectivity index (χ1v) is 10.6. The molecule has 0 saturated carbocycles. The number of nitrogens with zero attached hydrogens (tertiary/aromatic N) is 5. The van der Waals surface area contributed by atoms with Gasteiger partial charge in [-0.05, 0) is 38.1 Å². The monoisotopic (exact) mass is 599 g/mol. The summed E-state index contributed by atoms with van der Waals surface area (Å²) in [6.07, 6.45) is -8.49. The molecule has 1 unspecified atom stereocenters. The van der Waals surface area contributed by atoms with Crippen molar-refractivity contribution in [3.8, 4) is 11.5 Å². The third-order valence-electron chi connectivity index (χ3n) is 4.09. The van der Waals surface area contributed by atoms with Gasteiger partial charge in [-0.1, -0.05) is 28.7 Å². The maximum absolute atomic E-state index is 13.1. The summed E-state index contributed by atoms with van der Waals surface area (Å²) < 4.78 is 77.6. The van der Waals surface area contributed by atoms with Gasteiger partial charge in [-0.2, -0.15) is 41.3 Å². The van der Waals surface area contributed by atoms with Crippen molar-refractivity contribution in [3.05, 3.63) is 47.9 Å². The Morgan fingerprint density at radius 2 is 1.53 bits per heavy atom. The van der Waals surface area contributed by atoms with Crippen LogP contribution in [0.3, 0.4) is 0 Å². The molecular weight excluding hydrogens is 583 g/mol. The van der Waals surface area contributed by atoms with Crippen molar-refractivity contribution >= 4 is 40.2 Å². The first-order chi connectivity index (χ1) is 15.6. The summed E-state index contributed by atoms with van der Waals surface area (Å²) in [6, 6.07) is 5.08. The van der Waals surface area contributed by atoms with Crippen molar-refractivity contribution in [1.29, 1.82) is 0 Å². The Hall–Kier alpha value is -2.82. The molecule has 0 fully saturated rings. The van der Waals surface area contributed by atoms with E-state index in [9.17, 15) is 31.4 Å². The van der Waals surface area contributed by atoms with Crippen molar-refractivity contribution in [2.45, 2.75) is 35.8 Å². The second kappa shape index (κ2) is 9.44. The summed E-state index contributed by atoms with van der Waals surface area (Å²) in [6.45, 7) is 3.00. The molecule has 0 radical (unpaired) electrons. The lowest BCUT2D eigenvalue weighted by Crippen LogP contribution is -2.37. The lowest BCUT2D eigenvalue weighted by molar-refractivity contribution is -0.141. The van der Waals surface area contributed by atoms with Gasteiger partial charge in [0.2, 0.25) is 11.9 Å². The van der Waals surface area contributed by atoms with Gasteiger partial charge in [0, 0.05) is 11.9 Å². The molecule has 0 amide bonds. The molecular formula is C19H16F6IN7O. The van der Waals surface area contributed by atoms with Crippen LogP contribution >= 0.6 is 22.6 Å². The standard InChI is InChI=1S/C19H16F6IN7O/c1-17(2,34)14(26)32-16-31-13(10-4-3-5-11(29-10)18(20,21)22)30-15(33-16)28-9-6-7-27-12(8-9)19(23,24)25/h3-8,14,34H,1-2H3,(H2,27,28,30,31,32,33). The zero-order valence-electron chi connectivity index (χ0n) is 17.4. The predicted octanol–water partition coefficient (Wildman–Crippen LogP) is 5.05. The van der Waals surface area contributed by atoms with Gasteiger partial charge in [-0.15, -0.1) is 0 Å². The summed E-state index contributed by atoms with van der Waals surface area (Å²) in [5.41, 5.74) is -3.92. The molecule has 0 aliphatic heterocycles. The Kier molecular flexibility index (Phi) is 7.16. The highest BCUT2D eigenvalue weighted by molar-refractivity contribution is 14.1. The molecule has 3 rings (SSSR count). The van der Waals surface area contributed by atoms with Crippen molar-refractivity contribution in [2.75, 3.05) is 10.6 Å². The molecule has 0 aromatic carbocycles. The number of halogens is 7. The number of rotatable bonds is 6. The van der Waals surface area contributed by atoms with Crippen molar-refractivity contribution in [3.63, 3.8) is 0 Å². The van der Waals surface area contributed by atoms with Crippen LogP contribution in [0.2, 0.25) is 0 Å². The minimum absolute atomic E-state index is 0.0732. The van der Waals surface area contributed by atoms with Crippen LogP contribution in [-0.4, -0.2) is 39.7 Å². The zero-order chi connectivity index (χ0) is 25.3. The number of hydrogen-bond donors (Lipinski definition) is 3. The molecule has 8 nitrogen and oxygen atoms in total. The highest BCUT2D eigenvalue weighted by Crippen LogP contribution is 2.31. The number of anilines is 3. The first kappa shape index (κ1) is 25.8. The average Bonchev–Trinajstić information content (AvgIpc) is 2.72. The van der Waals surface area contributed by atoms with Crippen LogP contribution < -0.4 is 10.6 Å². The first-order valence-electron chi connectivity index (χ1n) is 9.37. The maximum atomic E-state index is 13.1. The van der Waals surface area contributed by atoms with Gasteiger partial charge in [0.25, 0.3) is 0 Å². The van der Waals surface area contributed by atoms with Gasteiger partial charge in [0.1, 0.15) is 21.1 Å². The minimum atomic E-state index is -4.72. The lowest BCUT2D eigenvalue weighted by atomic mass is 10.1. The SMILES string of the molecule is CC(C)(O)C(I)Nc1nc(Nc2ccnc(C(F)(F)F)c2)nc(-c2cccc(C(F)(F)F)n2)n1. The zero-order valence-corrected chi connectivity index (χ0v) is 19.5. The highest BCUT2D eigenvalue weighted by Gasteiger charge is 2.34. The van der Waals surface area contributed by atoms with Gasteiger partial charge >= 0.3 is 12.4 Å². The largest absolute Gasteiger partial charge is 0.433 e. The molecule has 34 heavy (non-hydrogen) atoms. The Balaban J connectivity index is 2.05. The van der Waals surface area contributed by atoms with Crippen LogP contribution in [0.5, 0.6) is 0 Å². The smallest absolute Gasteiger partial charge is 0.387 e. The number of hydrogen-bond acceptors (Lipinski definition) is 8. The summed E-state index contributed by atoms with van der Waals surface area (Å²) in [4.78, 5) is 18.9. The van der Waals surface area contributed by atoms with E-state index in [0.29, 0.717) is 0 Å². The molecule has 0 aliphatic rings. The van der Waals surface area contributed by atoms with Gasteiger partial charge in [0.05, 0.1) is 5.60 Å². The average molecular weight is 599 g/mol. The molecule has 0 aliphatic carbocycles. The van der Waals surface area contributed by atoms with E-state index in [-0.39, 0.29) is 29.1 Å². The van der Waals surface area contributed by atoms with E-state index < -0.39 is 33.4 Å². The van der Waals surface area contributed by atoms with E-state index in [1.165, 1.54) is 26.0 Å². The number of aliphatic hydroxyl groups is 1. The molecule has 15 heteroatoms. The predicted molar refractivity (Wildman–Crippen MR) is 118 cm³/mol. The summed E-state index contributed by atoms with van der Waals surface area (Å²) in [5.74, 6) is -0.709. The van der Waals surface area contributed by atoms with Crippen molar-refractivity contribution < 1.29 is 31.4 Å². The molecule has 0 saturated heterocycles. The van der Waals surface area contributed by atoms with E-state index >= 15 is 0 Å². The normalized spacial score (nSPS) is 13.5. The minimum Gasteiger partial charge on any atom is -0.387 e. The lowest BCUT2D eigenvalue weighted by Gasteiger charge is -2.25. The number of pyridine rings is 2. The Bertz CT molecular complexity index is 1170.